The molecule has 1 atom stereocenters. The van der Waals surface area contributed by atoms with Gasteiger partial charge in [-0.3, -0.25) is 4.99 Å². The van der Waals surface area contributed by atoms with Gasteiger partial charge >= 0.3 is 0 Å². The third-order valence-electron chi connectivity index (χ3n) is 4.53. The molecule has 2 fully saturated rings. The van der Waals surface area contributed by atoms with Crippen LogP contribution in [-0.2, 0) is 0 Å². The van der Waals surface area contributed by atoms with Crippen LogP contribution in [-0.4, -0.2) is 54.6 Å². The van der Waals surface area contributed by atoms with E-state index >= 15 is 0 Å². The summed E-state index contributed by atoms with van der Waals surface area (Å²) in [5.74, 6) is 3.05. The van der Waals surface area contributed by atoms with Crippen molar-refractivity contribution in [3.05, 3.63) is 0 Å². The van der Waals surface area contributed by atoms with Crippen molar-refractivity contribution in [1.29, 1.82) is 0 Å². The highest BCUT2D eigenvalue weighted by Crippen LogP contribution is 2.32. The summed E-state index contributed by atoms with van der Waals surface area (Å²) in [6.45, 7) is 0.818. The predicted octanol–water partition coefficient (Wildman–Crippen LogP) is 2.28. The van der Waals surface area contributed by atoms with Crippen molar-refractivity contribution in [1.82, 2.24) is 10.2 Å². The number of nitrogens with two attached hydrogens (primary N) is 1. The van der Waals surface area contributed by atoms with E-state index in [1.807, 2.05) is 11.8 Å². The standard InChI is InChI=1S/C14H28N4S.HI/c1-18(2)14(8-9-19-11-14)10-16-13(15)17-12-6-4-3-5-7-12;/h12H,3-11H2,1-2H3,(H3,15,16,17);1H. The minimum absolute atomic E-state index is 0. The Morgan fingerprint density at radius 3 is 2.60 bits per heavy atom. The predicted molar refractivity (Wildman–Crippen MR) is 100 cm³/mol. The quantitative estimate of drug-likeness (QED) is 0.423. The van der Waals surface area contributed by atoms with E-state index in [9.17, 15) is 0 Å². The molecule has 0 aromatic rings. The molecule has 1 heterocycles. The fourth-order valence-corrected chi connectivity index (χ4v) is 4.49. The van der Waals surface area contributed by atoms with E-state index in [1.54, 1.807) is 0 Å². The minimum atomic E-state index is 0. The van der Waals surface area contributed by atoms with Crippen molar-refractivity contribution >= 4 is 41.7 Å². The first-order valence-electron chi connectivity index (χ1n) is 7.44. The van der Waals surface area contributed by atoms with Crippen LogP contribution in [0.4, 0.5) is 0 Å². The number of guanidine groups is 1. The minimum Gasteiger partial charge on any atom is -0.370 e. The van der Waals surface area contributed by atoms with E-state index in [4.69, 9.17) is 5.73 Å². The number of thioether (sulfide) groups is 1. The van der Waals surface area contributed by atoms with Gasteiger partial charge in [-0.25, -0.2) is 0 Å². The van der Waals surface area contributed by atoms with Gasteiger partial charge in [0.1, 0.15) is 0 Å². The van der Waals surface area contributed by atoms with Gasteiger partial charge in [0, 0.05) is 17.3 Å². The summed E-state index contributed by atoms with van der Waals surface area (Å²) in [4.78, 5) is 6.95. The molecule has 0 amide bonds. The molecule has 0 bridgehead atoms. The van der Waals surface area contributed by atoms with Gasteiger partial charge in [-0.15, -0.1) is 24.0 Å². The summed E-state index contributed by atoms with van der Waals surface area (Å²) in [6.07, 6.45) is 7.71. The Balaban J connectivity index is 0.00000200. The molecule has 1 aliphatic heterocycles. The normalized spacial score (nSPS) is 28.4. The summed E-state index contributed by atoms with van der Waals surface area (Å²) in [6, 6.07) is 0.547. The van der Waals surface area contributed by atoms with Crippen LogP contribution in [0.3, 0.4) is 0 Å². The molecule has 1 saturated heterocycles. The van der Waals surface area contributed by atoms with Crippen molar-refractivity contribution in [2.75, 3.05) is 32.1 Å². The average Bonchev–Trinajstić information content (AvgIpc) is 2.88. The second kappa shape index (κ2) is 8.68. The van der Waals surface area contributed by atoms with E-state index in [0.717, 1.165) is 6.54 Å². The Hall–Kier alpha value is 0.310. The molecule has 2 rings (SSSR count). The van der Waals surface area contributed by atoms with Gasteiger partial charge in [0.05, 0.1) is 6.54 Å². The number of hydrogen-bond donors (Lipinski definition) is 2. The molecule has 6 heteroatoms. The second-order valence-corrected chi connectivity index (χ2v) is 7.21. The Morgan fingerprint density at radius 1 is 1.35 bits per heavy atom. The van der Waals surface area contributed by atoms with Gasteiger partial charge in [-0.2, -0.15) is 11.8 Å². The average molecular weight is 412 g/mol. The molecule has 0 aromatic carbocycles. The fourth-order valence-electron chi connectivity index (χ4n) is 2.95. The third-order valence-corrected chi connectivity index (χ3v) is 5.77. The molecule has 2 aliphatic rings. The highest BCUT2D eigenvalue weighted by atomic mass is 127. The molecular weight excluding hydrogens is 383 g/mol. The van der Waals surface area contributed by atoms with E-state index in [2.05, 4.69) is 29.3 Å². The second-order valence-electron chi connectivity index (χ2n) is 6.10. The molecule has 118 valence electrons. The van der Waals surface area contributed by atoms with Crippen LogP contribution < -0.4 is 11.1 Å². The Morgan fingerprint density at radius 2 is 2.05 bits per heavy atom. The number of rotatable bonds is 4. The van der Waals surface area contributed by atoms with Crippen LogP contribution in [0.2, 0.25) is 0 Å². The van der Waals surface area contributed by atoms with E-state index in [1.165, 1.54) is 50.0 Å². The van der Waals surface area contributed by atoms with E-state index in [-0.39, 0.29) is 29.5 Å². The van der Waals surface area contributed by atoms with E-state index < -0.39 is 0 Å². The van der Waals surface area contributed by atoms with Crippen molar-refractivity contribution in [3.8, 4) is 0 Å². The maximum atomic E-state index is 6.06. The number of likely N-dealkylation sites (N-methyl/N-ethyl adjacent to an activating group) is 1. The van der Waals surface area contributed by atoms with Gasteiger partial charge < -0.3 is 16.0 Å². The van der Waals surface area contributed by atoms with Gasteiger partial charge in [0.15, 0.2) is 5.96 Å². The van der Waals surface area contributed by atoms with Crippen LogP contribution in [0, 0.1) is 0 Å². The largest absolute Gasteiger partial charge is 0.370 e. The maximum Gasteiger partial charge on any atom is 0.188 e. The Labute approximate surface area is 144 Å². The molecular formula is C14H29IN4S. The summed E-state index contributed by atoms with van der Waals surface area (Å²) in [5.41, 5.74) is 6.27. The lowest BCUT2D eigenvalue weighted by Gasteiger charge is -2.34. The summed E-state index contributed by atoms with van der Waals surface area (Å²) in [5, 5.41) is 3.40. The van der Waals surface area contributed by atoms with Crippen molar-refractivity contribution < 1.29 is 0 Å². The fraction of sp³-hybridized carbons (Fsp3) is 0.929. The highest BCUT2D eigenvalue weighted by Gasteiger charge is 2.36. The van der Waals surface area contributed by atoms with Crippen molar-refractivity contribution in [2.24, 2.45) is 10.7 Å². The molecule has 20 heavy (non-hydrogen) atoms. The first kappa shape index (κ1) is 18.4. The van der Waals surface area contributed by atoms with Crippen LogP contribution in [0.5, 0.6) is 0 Å². The first-order valence-corrected chi connectivity index (χ1v) is 8.59. The zero-order valence-electron chi connectivity index (χ0n) is 12.7. The monoisotopic (exact) mass is 412 g/mol. The van der Waals surface area contributed by atoms with Crippen molar-refractivity contribution in [3.63, 3.8) is 0 Å². The molecule has 1 aliphatic carbocycles. The molecule has 3 N–H and O–H groups in total. The molecule has 4 nitrogen and oxygen atoms in total. The third kappa shape index (κ3) is 4.94. The lowest BCUT2D eigenvalue weighted by Crippen LogP contribution is -2.48. The van der Waals surface area contributed by atoms with Crippen LogP contribution in [0.25, 0.3) is 0 Å². The van der Waals surface area contributed by atoms with E-state index in [0.29, 0.717) is 12.0 Å². The lowest BCUT2D eigenvalue weighted by molar-refractivity contribution is 0.190. The van der Waals surface area contributed by atoms with Gasteiger partial charge in [-0.05, 0) is 39.1 Å². The highest BCUT2D eigenvalue weighted by molar-refractivity contribution is 14.0. The van der Waals surface area contributed by atoms with Gasteiger partial charge in [0.2, 0.25) is 0 Å². The molecule has 0 radical (unpaired) electrons. The number of halogens is 1. The maximum absolute atomic E-state index is 6.06. The number of nitrogens with zero attached hydrogens (tertiary/aromatic N) is 2. The molecule has 1 saturated carbocycles. The molecule has 0 spiro atoms. The van der Waals surface area contributed by atoms with Gasteiger partial charge in [-0.1, -0.05) is 19.3 Å². The summed E-state index contributed by atoms with van der Waals surface area (Å²) in [7, 11) is 4.32. The number of aliphatic imine (C=N–C) groups is 1. The van der Waals surface area contributed by atoms with Crippen LogP contribution >= 0.6 is 35.7 Å². The Bertz CT molecular complexity index is 310. The SMILES string of the molecule is CN(C)C1(CN=C(N)NC2CCCCC2)CCSC1.I. The topological polar surface area (TPSA) is 53.6 Å². The zero-order chi connectivity index (χ0) is 13.7. The van der Waals surface area contributed by atoms with Gasteiger partial charge in [0.25, 0.3) is 0 Å². The number of nitrogens with one attached hydrogen (secondary N) is 1. The van der Waals surface area contributed by atoms with Crippen LogP contribution in [0.15, 0.2) is 4.99 Å². The molecule has 1 unspecified atom stereocenters. The number of hydrogen-bond acceptors (Lipinski definition) is 3. The molecule has 0 aromatic heterocycles. The van der Waals surface area contributed by atoms with Crippen molar-refractivity contribution in [2.45, 2.75) is 50.1 Å². The summed E-state index contributed by atoms with van der Waals surface area (Å²) < 4.78 is 0. The first-order chi connectivity index (χ1) is 9.12. The zero-order valence-corrected chi connectivity index (χ0v) is 15.9. The van der Waals surface area contributed by atoms with Crippen LogP contribution in [0.1, 0.15) is 38.5 Å². The lowest BCUT2D eigenvalue weighted by atomic mass is 9.96. The summed E-state index contributed by atoms with van der Waals surface area (Å²) >= 11 is 2.02. The smallest absolute Gasteiger partial charge is 0.188 e. The Kier molecular flexibility index (Phi) is 7.97.